The van der Waals surface area contributed by atoms with Crippen molar-refractivity contribution >= 4 is 17.7 Å². The van der Waals surface area contributed by atoms with Gasteiger partial charge in [0.1, 0.15) is 0 Å². The van der Waals surface area contributed by atoms with Gasteiger partial charge in [0.25, 0.3) is 0 Å². The van der Waals surface area contributed by atoms with Crippen LogP contribution in [-0.4, -0.2) is 28.3 Å². The zero-order valence-corrected chi connectivity index (χ0v) is 9.66. The van der Waals surface area contributed by atoms with E-state index in [9.17, 15) is 4.79 Å². The first kappa shape index (κ1) is 12.0. The molecule has 0 saturated heterocycles. The number of aromatic nitrogens is 2. The fraction of sp³-hybridized carbons (Fsp3) is 0.500. The molecule has 1 aromatic rings. The second-order valence-electron chi connectivity index (χ2n) is 3.10. The summed E-state index contributed by atoms with van der Waals surface area (Å²) in [6.45, 7) is 2.00. The number of nitrogens with zero attached hydrogens (tertiary/aromatic N) is 2. The van der Waals surface area contributed by atoms with Crippen molar-refractivity contribution in [2.24, 2.45) is 0 Å². The molecule has 5 heteroatoms. The molecular formula is C10H14N2O2S. The van der Waals surface area contributed by atoms with Gasteiger partial charge >= 0.3 is 5.97 Å². The van der Waals surface area contributed by atoms with E-state index in [1.807, 2.05) is 6.92 Å². The molecule has 4 nitrogen and oxygen atoms in total. The predicted molar refractivity (Wildman–Crippen MR) is 59.4 cm³/mol. The van der Waals surface area contributed by atoms with Gasteiger partial charge in [0, 0.05) is 29.6 Å². The third-order valence-electron chi connectivity index (χ3n) is 1.81. The minimum absolute atomic E-state index is 0.172. The van der Waals surface area contributed by atoms with Crippen LogP contribution >= 0.6 is 11.8 Å². The van der Waals surface area contributed by atoms with Crippen molar-refractivity contribution in [2.75, 3.05) is 7.11 Å². The Labute approximate surface area is 93.5 Å². The van der Waals surface area contributed by atoms with Crippen LogP contribution in [0.4, 0.5) is 0 Å². The zero-order chi connectivity index (χ0) is 11.1. The molecule has 0 aliphatic carbocycles. The van der Waals surface area contributed by atoms with Gasteiger partial charge in [0.2, 0.25) is 0 Å². The molecule has 1 rings (SSSR count). The maximum absolute atomic E-state index is 11.0. The van der Waals surface area contributed by atoms with E-state index in [-0.39, 0.29) is 11.2 Å². The Balaban J connectivity index is 2.28. The van der Waals surface area contributed by atoms with E-state index in [0.717, 1.165) is 11.4 Å². The van der Waals surface area contributed by atoms with Crippen LogP contribution in [0.2, 0.25) is 0 Å². The van der Waals surface area contributed by atoms with Crippen molar-refractivity contribution in [1.29, 1.82) is 0 Å². The maximum Gasteiger partial charge on any atom is 0.306 e. The average Bonchev–Trinajstić information content (AvgIpc) is 2.27. The van der Waals surface area contributed by atoms with Crippen LogP contribution in [0, 0.1) is 0 Å². The Bertz CT molecular complexity index is 306. The van der Waals surface area contributed by atoms with Crippen LogP contribution in [0.15, 0.2) is 18.6 Å². The summed E-state index contributed by atoms with van der Waals surface area (Å²) in [5.41, 5.74) is 0.930. The van der Waals surface area contributed by atoms with Crippen LogP contribution in [0.25, 0.3) is 0 Å². The quantitative estimate of drug-likeness (QED) is 0.715. The SMILES string of the molecule is COC(=O)CC(C)SCc1cnccn1. The van der Waals surface area contributed by atoms with Gasteiger partial charge < -0.3 is 4.74 Å². The molecule has 82 valence electrons. The highest BCUT2D eigenvalue weighted by Gasteiger charge is 2.09. The molecule has 0 radical (unpaired) electrons. The van der Waals surface area contributed by atoms with E-state index in [1.54, 1.807) is 30.4 Å². The van der Waals surface area contributed by atoms with Gasteiger partial charge in [-0.2, -0.15) is 11.8 Å². The molecule has 0 amide bonds. The lowest BCUT2D eigenvalue weighted by Gasteiger charge is -2.08. The number of carbonyl (C=O) groups excluding carboxylic acids is 1. The zero-order valence-electron chi connectivity index (χ0n) is 8.84. The smallest absolute Gasteiger partial charge is 0.306 e. The first-order valence-electron chi connectivity index (χ1n) is 4.65. The van der Waals surface area contributed by atoms with Gasteiger partial charge in [0.05, 0.1) is 19.2 Å². The molecule has 0 fully saturated rings. The molecule has 1 aromatic heterocycles. The Kier molecular flexibility index (Phi) is 5.10. The van der Waals surface area contributed by atoms with E-state index in [1.165, 1.54) is 7.11 Å². The first-order chi connectivity index (χ1) is 7.22. The maximum atomic E-state index is 11.0. The lowest BCUT2D eigenvalue weighted by molar-refractivity contribution is -0.140. The molecule has 0 saturated carbocycles. The molecular weight excluding hydrogens is 212 g/mol. The van der Waals surface area contributed by atoms with Crippen LogP contribution in [0.5, 0.6) is 0 Å². The topological polar surface area (TPSA) is 52.1 Å². The first-order valence-corrected chi connectivity index (χ1v) is 5.70. The summed E-state index contributed by atoms with van der Waals surface area (Å²) in [5.74, 6) is 0.598. The molecule has 1 atom stereocenters. The lowest BCUT2D eigenvalue weighted by atomic mass is 10.3. The third-order valence-corrected chi connectivity index (χ3v) is 3.01. The van der Waals surface area contributed by atoms with Gasteiger partial charge in [-0.15, -0.1) is 0 Å². The average molecular weight is 226 g/mol. The minimum atomic E-state index is -0.172. The number of methoxy groups -OCH3 is 1. The van der Waals surface area contributed by atoms with E-state index in [4.69, 9.17) is 0 Å². The second-order valence-corrected chi connectivity index (χ2v) is 4.53. The van der Waals surface area contributed by atoms with Crippen molar-refractivity contribution in [1.82, 2.24) is 9.97 Å². The summed E-state index contributed by atoms with van der Waals surface area (Å²) in [6, 6.07) is 0. The summed E-state index contributed by atoms with van der Waals surface area (Å²) in [5, 5.41) is 0.236. The Morgan fingerprint density at radius 3 is 3.00 bits per heavy atom. The molecule has 1 unspecified atom stereocenters. The van der Waals surface area contributed by atoms with Crippen molar-refractivity contribution < 1.29 is 9.53 Å². The molecule has 0 aliphatic heterocycles. The summed E-state index contributed by atoms with van der Waals surface area (Å²) >= 11 is 1.67. The van der Waals surface area contributed by atoms with Gasteiger partial charge in [-0.3, -0.25) is 14.8 Å². The van der Waals surface area contributed by atoms with E-state index < -0.39 is 0 Å². The number of hydrogen-bond donors (Lipinski definition) is 0. The summed E-state index contributed by atoms with van der Waals surface area (Å²) in [4.78, 5) is 19.1. The van der Waals surface area contributed by atoms with Crippen molar-refractivity contribution in [3.05, 3.63) is 24.3 Å². The number of carbonyl (C=O) groups is 1. The highest BCUT2D eigenvalue weighted by atomic mass is 32.2. The van der Waals surface area contributed by atoms with Gasteiger partial charge in [-0.1, -0.05) is 6.92 Å². The monoisotopic (exact) mass is 226 g/mol. The van der Waals surface area contributed by atoms with E-state index >= 15 is 0 Å². The normalized spacial score (nSPS) is 12.1. The van der Waals surface area contributed by atoms with Crippen molar-refractivity contribution in [3.63, 3.8) is 0 Å². The fourth-order valence-electron chi connectivity index (χ4n) is 1.01. The van der Waals surface area contributed by atoms with Crippen LogP contribution in [0.3, 0.4) is 0 Å². The van der Waals surface area contributed by atoms with E-state index in [0.29, 0.717) is 6.42 Å². The highest BCUT2D eigenvalue weighted by molar-refractivity contribution is 7.99. The fourth-order valence-corrected chi connectivity index (χ4v) is 1.87. The van der Waals surface area contributed by atoms with Crippen LogP contribution < -0.4 is 0 Å². The molecule has 0 aromatic carbocycles. The molecule has 0 bridgehead atoms. The number of thioether (sulfide) groups is 1. The minimum Gasteiger partial charge on any atom is -0.469 e. The number of ether oxygens (including phenoxy) is 1. The largest absolute Gasteiger partial charge is 0.469 e. The molecule has 15 heavy (non-hydrogen) atoms. The predicted octanol–water partition coefficient (Wildman–Crippen LogP) is 1.66. The third kappa shape index (κ3) is 4.78. The van der Waals surface area contributed by atoms with Gasteiger partial charge in [0.15, 0.2) is 0 Å². The number of esters is 1. The van der Waals surface area contributed by atoms with Crippen LogP contribution in [0.1, 0.15) is 19.0 Å². The van der Waals surface area contributed by atoms with Crippen LogP contribution in [-0.2, 0) is 15.3 Å². The standard InChI is InChI=1S/C10H14N2O2S/c1-8(5-10(13)14-2)15-7-9-6-11-3-4-12-9/h3-4,6,8H,5,7H2,1-2H3. The molecule has 1 heterocycles. The Morgan fingerprint density at radius 2 is 2.40 bits per heavy atom. The second kappa shape index (κ2) is 6.40. The Hall–Kier alpha value is -1.10. The summed E-state index contributed by atoms with van der Waals surface area (Å²) in [6.07, 6.45) is 5.48. The highest BCUT2D eigenvalue weighted by Crippen LogP contribution is 2.18. The summed E-state index contributed by atoms with van der Waals surface area (Å²) < 4.78 is 4.59. The number of rotatable bonds is 5. The summed E-state index contributed by atoms with van der Waals surface area (Å²) in [7, 11) is 1.41. The van der Waals surface area contributed by atoms with Crippen molar-refractivity contribution in [2.45, 2.75) is 24.3 Å². The van der Waals surface area contributed by atoms with E-state index in [2.05, 4.69) is 14.7 Å². The lowest BCUT2D eigenvalue weighted by Crippen LogP contribution is -2.08. The molecule has 0 spiro atoms. The van der Waals surface area contributed by atoms with Gasteiger partial charge in [-0.05, 0) is 0 Å². The molecule has 0 aliphatic rings. The number of hydrogen-bond acceptors (Lipinski definition) is 5. The Morgan fingerprint density at radius 1 is 1.60 bits per heavy atom. The molecule has 0 N–H and O–H groups in total. The van der Waals surface area contributed by atoms with Crippen molar-refractivity contribution in [3.8, 4) is 0 Å². The van der Waals surface area contributed by atoms with Gasteiger partial charge in [-0.25, -0.2) is 0 Å².